The van der Waals surface area contributed by atoms with E-state index in [0.29, 0.717) is 5.69 Å². The third-order valence-electron chi connectivity index (χ3n) is 1.46. The molecule has 12 heavy (non-hydrogen) atoms. The summed E-state index contributed by atoms with van der Waals surface area (Å²) in [7, 11) is 0. The van der Waals surface area contributed by atoms with Crippen molar-refractivity contribution in [3.8, 4) is 0 Å². The Morgan fingerprint density at radius 3 is 2.58 bits per heavy atom. The van der Waals surface area contributed by atoms with Gasteiger partial charge in [0.25, 0.3) is 0 Å². The fraction of sp³-hybridized carbons (Fsp3) is 0.250. The van der Waals surface area contributed by atoms with Crippen LogP contribution in [0.15, 0.2) is 18.3 Å². The molecule has 0 aliphatic carbocycles. The summed E-state index contributed by atoms with van der Waals surface area (Å²) in [5.41, 5.74) is 0.597. The molecule has 1 rings (SSSR count). The molecule has 2 N–H and O–H groups in total. The molecule has 0 aromatic carbocycles. The topological polar surface area (TPSA) is 70.4 Å². The van der Waals surface area contributed by atoms with Gasteiger partial charge in [0.1, 0.15) is 0 Å². The number of aromatic carboxylic acids is 1. The maximum Gasteiger partial charge on any atom is 0.337 e. The van der Waals surface area contributed by atoms with Gasteiger partial charge in [-0.25, -0.2) is 4.79 Å². The minimum absolute atomic E-state index is 0.124. The van der Waals surface area contributed by atoms with Crippen LogP contribution in [0, 0.1) is 0 Å². The number of carboxylic acid groups (broad SMARTS) is 1. The van der Waals surface area contributed by atoms with Gasteiger partial charge in [-0.15, -0.1) is 0 Å². The quantitative estimate of drug-likeness (QED) is 0.684. The summed E-state index contributed by atoms with van der Waals surface area (Å²) in [5.74, 6) is -1.01. The van der Waals surface area contributed by atoms with E-state index in [0.717, 1.165) is 0 Å². The molecule has 0 radical (unpaired) electrons. The lowest BCUT2D eigenvalue weighted by Gasteiger charge is -2.02. The molecule has 0 aliphatic rings. The monoisotopic (exact) mass is 167 g/mol. The van der Waals surface area contributed by atoms with E-state index < -0.39 is 12.1 Å². The first kappa shape index (κ1) is 8.67. The normalized spacial score (nSPS) is 12.5. The molecule has 4 heteroatoms. The molecule has 1 aromatic heterocycles. The third kappa shape index (κ3) is 1.79. The lowest BCUT2D eigenvalue weighted by Crippen LogP contribution is -2.00. The number of rotatable bonds is 2. The van der Waals surface area contributed by atoms with Gasteiger partial charge in [-0.3, -0.25) is 4.98 Å². The molecule has 0 spiro atoms. The van der Waals surface area contributed by atoms with E-state index in [4.69, 9.17) is 10.2 Å². The van der Waals surface area contributed by atoms with Crippen molar-refractivity contribution < 1.29 is 15.0 Å². The molecule has 1 heterocycles. The number of pyridine rings is 1. The van der Waals surface area contributed by atoms with Gasteiger partial charge in [0.2, 0.25) is 0 Å². The molecule has 0 saturated heterocycles. The summed E-state index contributed by atoms with van der Waals surface area (Å²) in [6, 6.07) is 2.91. The summed E-state index contributed by atoms with van der Waals surface area (Å²) in [4.78, 5) is 14.1. The molecule has 1 aromatic rings. The second-order valence-electron chi connectivity index (χ2n) is 2.45. The van der Waals surface area contributed by atoms with Gasteiger partial charge >= 0.3 is 5.97 Å². The van der Waals surface area contributed by atoms with Gasteiger partial charge < -0.3 is 10.2 Å². The Morgan fingerprint density at radius 1 is 1.58 bits per heavy atom. The van der Waals surface area contributed by atoms with Crippen molar-refractivity contribution in [2.24, 2.45) is 0 Å². The maximum atomic E-state index is 10.4. The van der Waals surface area contributed by atoms with Crippen LogP contribution in [-0.4, -0.2) is 21.2 Å². The molecule has 0 aliphatic heterocycles. The first-order valence-corrected chi connectivity index (χ1v) is 3.48. The van der Waals surface area contributed by atoms with Crippen molar-refractivity contribution in [2.75, 3.05) is 0 Å². The highest BCUT2D eigenvalue weighted by Crippen LogP contribution is 2.08. The first-order chi connectivity index (χ1) is 5.61. The van der Waals surface area contributed by atoms with E-state index in [2.05, 4.69) is 4.98 Å². The SMILES string of the molecule is CC(O)c1ccc(C(=O)O)cn1. The fourth-order valence-corrected chi connectivity index (χ4v) is 0.779. The average molecular weight is 167 g/mol. The van der Waals surface area contributed by atoms with Gasteiger partial charge in [-0.05, 0) is 19.1 Å². The van der Waals surface area contributed by atoms with E-state index in [9.17, 15) is 4.79 Å². The van der Waals surface area contributed by atoms with Gasteiger partial charge in [0.15, 0.2) is 0 Å². The van der Waals surface area contributed by atoms with Crippen LogP contribution in [0.1, 0.15) is 29.1 Å². The van der Waals surface area contributed by atoms with Crippen molar-refractivity contribution >= 4 is 5.97 Å². The van der Waals surface area contributed by atoms with Crippen LogP contribution in [0.5, 0.6) is 0 Å². The number of carbonyl (C=O) groups is 1. The van der Waals surface area contributed by atoms with Gasteiger partial charge in [-0.1, -0.05) is 0 Å². The van der Waals surface area contributed by atoms with Crippen LogP contribution in [-0.2, 0) is 0 Å². The highest BCUT2D eigenvalue weighted by Gasteiger charge is 2.05. The smallest absolute Gasteiger partial charge is 0.337 e. The number of hydrogen-bond donors (Lipinski definition) is 2. The second-order valence-corrected chi connectivity index (χ2v) is 2.45. The number of aliphatic hydroxyl groups is 1. The Balaban J connectivity index is 2.93. The van der Waals surface area contributed by atoms with E-state index >= 15 is 0 Å². The molecule has 0 fully saturated rings. The average Bonchev–Trinajstić information content (AvgIpc) is 2.04. The van der Waals surface area contributed by atoms with Crippen LogP contribution in [0.25, 0.3) is 0 Å². The van der Waals surface area contributed by atoms with Crippen LogP contribution in [0.3, 0.4) is 0 Å². The van der Waals surface area contributed by atoms with Crippen molar-refractivity contribution in [2.45, 2.75) is 13.0 Å². The third-order valence-corrected chi connectivity index (χ3v) is 1.46. The first-order valence-electron chi connectivity index (χ1n) is 3.48. The maximum absolute atomic E-state index is 10.4. The zero-order chi connectivity index (χ0) is 9.14. The van der Waals surface area contributed by atoms with E-state index in [1.54, 1.807) is 6.92 Å². The lowest BCUT2D eigenvalue weighted by molar-refractivity contribution is 0.0696. The number of aromatic nitrogens is 1. The Hall–Kier alpha value is -1.42. The predicted octanol–water partition coefficient (Wildman–Crippen LogP) is 0.833. The van der Waals surface area contributed by atoms with Gasteiger partial charge in [-0.2, -0.15) is 0 Å². The van der Waals surface area contributed by atoms with Gasteiger partial charge in [0.05, 0.1) is 17.4 Å². The largest absolute Gasteiger partial charge is 0.478 e. The standard InChI is InChI=1S/C8H9NO3/c1-5(10)7-3-2-6(4-9-7)8(11)12/h2-5,10H,1H3,(H,11,12). The minimum atomic E-state index is -1.01. The molecule has 0 saturated carbocycles. The molecule has 4 nitrogen and oxygen atoms in total. The number of nitrogens with zero attached hydrogens (tertiary/aromatic N) is 1. The van der Waals surface area contributed by atoms with Crippen molar-refractivity contribution in [1.29, 1.82) is 0 Å². The van der Waals surface area contributed by atoms with Crippen molar-refractivity contribution in [3.05, 3.63) is 29.6 Å². The molecular formula is C8H9NO3. The van der Waals surface area contributed by atoms with Crippen LogP contribution in [0.4, 0.5) is 0 Å². The highest BCUT2D eigenvalue weighted by molar-refractivity contribution is 5.87. The zero-order valence-electron chi connectivity index (χ0n) is 6.56. The van der Waals surface area contributed by atoms with Crippen LogP contribution in [0.2, 0.25) is 0 Å². The molecule has 64 valence electrons. The molecular weight excluding hydrogens is 158 g/mol. The second kappa shape index (κ2) is 3.32. The lowest BCUT2D eigenvalue weighted by atomic mass is 10.2. The Labute approximate surface area is 69.5 Å². The van der Waals surface area contributed by atoms with Crippen LogP contribution < -0.4 is 0 Å². The minimum Gasteiger partial charge on any atom is -0.478 e. The Bertz CT molecular complexity index is 279. The summed E-state index contributed by atoms with van der Waals surface area (Å²) in [5, 5.41) is 17.6. The molecule has 1 unspecified atom stereocenters. The van der Waals surface area contributed by atoms with Crippen molar-refractivity contribution in [1.82, 2.24) is 4.98 Å². The Morgan fingerprint density at radius 2 is 2.25 bits per heavy atom. The predicted molar refractivity (Wildman–Crippen MR) is 41.8 cm³/mol. The fourth-order valence-electron chi connectivity index (χ4n) is 0.779. The Kier molecular flexibility index (Phi) is 2.40. The molecule has 0 bridgehead atoms. The highest BCUT2D eigenvalue weighted by atomic mass is 16.4. The molecule has 0 amide bonds. The summed E-state index contributed by atoms with van der Waals surface area (Å²) < 4.78 is 0. The summed E-state index contributed by atoms with van der Waals surface area (Å²) >= 11 is 0. The van der Waals surface area contributed by atoms with E-state index in [1.165, 1.54) is 18.3 Å². The van der Waals surface area contributed by atoms with Crippen molar-refractivity contribution in [3.63, 3.8) is 0 Å². The summed E-state index contributed by atoms with van der Waals surface area (Å²) in [6.07, 6.45) is 0.567. The van der Waals surface area contributed by atoms with E-state index in [-0.39, 0.29) is 5.56 Å². The summed E-state index contributed by atoms with van der Waals surface area (Å²) in [6.45, 7) is 1.57. The van der Waals surface area contributed by atoms with Crippen LogP contribution >= 0.6 is 0 Å². The number of carboxylic acids is 1. The zero-order valence-corrected chi connectivity index (χ0v) is 6.56. The number of aliphatic hydroxyl groups excluding tert-OH is 1. The molecule has 1 atom stereocenters. The van der Waals surface area contributed by atoms with E-state index in [1.807, 2.05) is 0 Å². The number of hydrogen-bond acceptors (Lipinski definition) is 3. The van der Waals surface area contributed by atoms with Gasteiger partial charge in [0, 0.05) is 6.20 Å².